The maximum Gasteiger partial charge on any atom is 0.416 e. The summed E-state index contributed by atoms with van der Waals surface area (Å²) < 4.78 is 70.4. The summed E-state index contributed by atoms with van der Waals surface area (Å²) in [6, 6.07) is -1.05. The molecular formula is C12H12Cl2F5NO2. The Morgan fingerprint density at radius 3 is 2.41 bits per heavy atom. The number of esters is 1. The number of nitrogens with two attached hydrogens (primary N) is 1. The Morgan fingerprint density at radius 2 is 1.95 bits per heavy atom. The minimum absolute atomic E-state index is 0. The van der Waals surface area contributed by atoms with Crippen LogP contribution in [0, 0.1) is 5.82 Å². The molecule has 0 aliphatic heterocycles. The van der Waals surface area contributed by atoms with Gasteiger partial charge in [-0.25, -0.2) is 13.6 Å². The molecule has 22 heavy (non-hydrogen) atoms. The van der Waals surface area contributed by atoms with Gasteiger partial charge >= 0.3 is 12.1 Å². The second-order valence-corrected chi connectivity index (χ2v) is 4.41. The Hall–Kier alpha value is -1.12. The molecule has 2 N–H and O–H groups in total. The van der Waals surface area contributed by atoms with Crippen LogP contribution in [0.1, 0.15) is 24.1 Å². The number of carbonyl (C=O) groups excluding carboxylic acids is 1. The number of carbonyl (C=O) groups is 1. The van der Waals surface area contributed by atoms with Gasteiger partial charge in [-0.05, 0) is 19.1 Å². The van der Waals surface area contributed by atoms with E-state index < -0.39 is 46.3 Å². The van der Waals surface area contributed by atoms with Gasteiger partial charge in [0.15, 0.2) is 0 Å². The van der Waals surface area contributed by atoms with Crippen LogP contribution in [0.2, 0.25) is 5.02 Å². The number of rotatable bonds is 4. The van der Waals surface area contributed by atoms with Crippen LogP contribution in [0.25, 0.3) is 0 Å². The van der Waals surface area contributed by atoms with Crippen molar-refractivity contribution in [3.63, 3.8) is 0 Å². The maximum absolute atomic E-state index is 13.8. The van der Waals surface area contributed by atoms with Gasteiger partial charge in [-0.3, -0.25) is 0 Å². The third kappa shape index (κ3) is 4.44. The van der Waals surface area contributed by atoms with Gasteiger partial charge in [0.25, 0.3) is 0 Å². The van der Waals surface area contributed by atoms with Gasteiger partial charge in [0, 0.05) is 5.56 Å². The van der Waals surface area contributed by atoms with Gasteiger partial charge in [-0.15, -0.1) is 12.4 Å². The van der Waals surface area contributed by atoms with Crippen molar-refractivity contribution in [3.05, 3.63) is 34.1 Å². The molecule has 0 aliphatic carbocycles. The number of benzene rings is 1. The lowest BCUT2D eigenvalue weighted by Crippen LogP contribution is -2.34. The lowest BCUT2D eigenvalue weighted by Gasteiger charge is -2.21. The summed E-state index contributed by atoms with van der Waals surface area (Å²) in [4.78, 5) is 11.2. The largest absolute Gasteiger partial charge is 0.464 e. The smallest absolute Gasteiger partial charge is 0.416 e. The normalized spacial score (nSPS) is 14.0. The fourth-order valence-electron chi connectivity index (χ4n) is 1.65. The van der Waals surface area contributed by atoms with Crippen molar-refractivity contribution < 1.29 is 31.5 Å². The van der Waals surface area contributed by atoms with Crippen molar-refractivity contribution in [2.45, 2.75) is 25.3 Å². The molecule has 2 atom stereocenters. The first-order valence-electron chi connectivity index (χ1n) is 5.72. The highest BCUT2D eigenvalue weighted by Gasteiger charge is 2.40. The molecule has 0 fully saturated rings. The molecule has 1 unspecified atom stereocenters. The summed E-state index contributed by atoms with van der Waals surface area (Å²) in [6.07, 6.45) is -7.63. The highest BCUT2D eigenvalue weighted by atomic mass is 35.5. The molecular weight excluding hydrogens is 356 g/mol. The molecule has 0 aliphatic rings. The van der Waals surface area contributed by atoms with E-state index in [4.69, 9.17) is 17.3 Å². The quantitative estimate of drug-likeness (QED) is 0.650. The van der Waals surface area contributed by atoms with Crippen LogP contribution in [0.4, 0.5) is 22.0 Å². The topological polar surface area (TPSA) is 52.3 Å². The molecule has 0 spiro atoms. The van der Waals surface area contributed by atoms with Crippen molar-refractivity contribution in [2.24, 2.45) is 5.73 Å². The van der Waals surface area contributed by atoms with Crippen molar-refractivity contribution in [1.29, 1.82) is 0 Å². The number of hydrogen-bond acceptors (Lipinski definition) is 3. The second kappa shape index (κ2) is 7.94. The van der Waals surface area contributed by atoms with E-state index in [9.17, 15) is 26.7 Å². The van der Waals surface area contributed by atoms with E-state index in [1.807, 2.05) is 0 Å². The summed E-state index contributed by atoms with van der Waals surface area (Å²) in [5.41, 5.74) is 2.55. The Balaban J connectivity index is 0.00000441. The van der Waals surface area contributed by atoms with Gasteiger partial charge in [0.2, 0.25) is 6.17 Å². The molecule has 126 valence electrons. The Kier molecular flexibility index (Phi) is 7.53. The third-order valence-corrected chi connectivity index (χ3v) is 2.89. The maximum atomic E-state index is 13.8. The fraction of sp³-hybridized carbons (Fsp3) is 0.417. The highest BCUT2D eigenvalue weighted by Crippen LogP contribution is 2.38. The highest BCUT2D eigenvalue weighted by molar-refractivity contribution is 6.30. The molecule has 0 heterocycles. The zero-order chi connectivity index (χ0) is 16.4. The van der Waals surface area contributed by atoms with E-state index in [-0.39, 0.29) is 19.0 Å². The van der Waals surface area contributed by atoms with Crippen molar-refractivity contribution in [3.8, 4) is 0 Å². The monoisotopic (exact) mass is 367 g/mol. The molecule has 0 amide bonds. The summed E-state index contributed by atoms with van der Waals surface area (Å²) >= 11 is 5.39. The summed E-state index contributed by atoms with van der Waals surface area (Å²) in [5, 5.41) is -0.662. The number of halogens is 7. The molecule has 0 bridgehead atoms. The van der Waals surface area contributed by atoms with Crippen molar-refractivity contribution in [1.82, 2.24) is 0 Å². The summed E-state index contributed by atoms with van der Waals surface area (Å²) in [6.45, 7) is 1.17. The predicted octanol–water partition coefficient (Wildman–Crippen LogP) is 3.82. The standard InChI is InChI=1S/C12H11ClF5NO2.ClH/c1-2-21-11(20)9(15)10(19)7-5(12(16,17)18)3-4-6(13)8(7)14;/h3-4,9-10H,2,19H2,1H3;1H/t9?,10-;/m1./s1. The third-order valence-electron chi connectivity index (χ3n) is 2.60. The molecule has 0 radical (unpaired) electrons. The molecule has 1 aromatic rings. The van der Waals surface area contributed by atoms with E-state index in [2.05, 4.69) is 4.74 Å². The van der Waals surface area contributed by atoms with Crippen LogP contribution in [0.3, 0.4) is 0 Å². The van der Waals surface area contributed by atoms with Crippen LogP contribution in [-0.4, -0.2) is 18.7 Å². The van der Waals surface area contributed by atoms with Crippen LogP contribution in [0.5, 0.6) is 0 Å². The zero-order valence-electron chi connectivity index (χ0n) is 11.1. The summed E-state index contributed by atoms with van der Waals surface area (Å²) in [7, 11) is 0. The first-order valence-corrected chi connectivity index (χ1v) is 6.10. The Morgan fingerprint density at radius 1 is 1.41 bits per heavy atom. The van der Waals surface area contributed by atoms with Crippen LogP contribution in [-0.2, 0) is 15.7 Å². The summed E-state index contributed by atoms with van der Waals surface area (Å²) in [5.74, 6) is -3.00. The van der Waals surface area contributed by atoms with E-state index in [1.165, 1.54) is 6.92 Å². The van der Waals surface area contributed by atoms with Gasteiger partial charge in [0.1, 0.15) is 5.82 Å². The minimum Gasteiger partial charge on any atom is -0.464 e. The number of hydrogen-bond donors (Lipinski definition) is 1. The lowest BCUT2D eigenvalue weighted by atomic mass is 9.96. The average molecular weight is 368 g/mol. The average Bonchev–Trinajstić information content (AvgIpc) is 2.39. The Labute approximate surface area is 134 Å². The van der Waals surface area contributed by atoms with E-state index in [0.717, 1.165) is 0 Å². The lowest BCUT2D eigenvalue weighted by molar-refractivity contribution is -0.150. The van der Waals surface area contributed by atoms with Crippen molar-refractivity contribution >= 4 is 30.0 Å². The van der Waals surface area contributed by atoms with E-state index in [0.29, 0.717) is 12.1 Å². The molecule has 0 saturated carbocycles. The molecule has 3 nitrogen and oxygen atoms in total. The van der Waals surface area contributed by atoms with Gasteiger partial charge < -0.3 is 10.5 Å². The fourth-order valence-corrected chi connectivity index (χ4v) is 1.82. The predicted molar refractivity (Wildman–Crippen MR) is 72.1 cm³/mol. The first kappa shape index (κ1) is 20.9. The van der Waals surface area contributed by atoms with Gasteiger partial charge in [0.05, 0.1) is 23.2 Å². The molecule has 1 aromatic carbocycles. The molecule has 0 saturated heterocycles. The van der Waals surface area contributed by atoms with Crippen molar-refractivity contribution in [2.75, 3.05) is 6.61 Å². The molecule has 0 aromatic heterocycles. The molecule has 1 rings (SSSR count). The van der Waals surface area contributed by atoms with Gasteiger partial charge in [-0.1, -0.05) is 11.6 Å². The van der Waals surface area contributed by atoms with Crippen LogP contribution < -0.4 is 5.73 Å². The van der Waals surface area contributed by atoms with E-state index in [1.54, 1.807) is 0 Å². The molecule has 10 heteroatoms. The van der Waals surface area contributed by atoms with Crippen LogP contribution >= 0.6 is 24.0 Å². The number of alkyl halides is 4. The first-order chi connectivity index (χ1) is 9.61. The van der Waals surface area contributed by atoms with E-state index >= 15 is 0 Å². The van der Waals surface area contributed by atoms with Gasteiger partial charge in [-0.2, -0.15) is 13.2 Å². The Bertz CT molecular complexity index is 539. The zero-order valence-corrected chi connectivity index (χ0v) is 12.7. The second-order valence-electron chi connectivity index (χ2n) is 4.00. The SMILES string of the molecule is CCOC(=O)C(F)[C@H](N)c1c(C(F)(F)F)ccc(Cl)c1F.Cl. The number of ether oxygens (including phenoxy) is 1. The minimum atomic E-state index is -4.98. The van der Waals surface area contributed by atoms with Crippen LogP contribution in [0.15, 0.2) is 12.1 Å².